The minimum Gasteiger partial charge on any atom is -0.0776 e. The highest BCUT2D eigenvalue weighted by molar-refractivity contribution is 5.39. The van der Waals surface area contributed by atoms with Gasteiger partial charge in [0.2, 0.25) is 0 Å². The highest BCUT2D eigenvalue weighted by atomic mass is 14.4. The van der Waals surface area contributed by atoms with Crippen LogP contribution in [0.25, 0.3) is 0 Å². The first-order valence-electron chi connectivity index (χ1n) is 6.04. The van der Waals surface area contributed by atoms with Crippen LogP contribution in [-0.4, -0.2) is 0 Å². The van der Waals surface area contributed by atoms with Crippen molar-refractivity contribution in [1.82, 2.24) is 0 Å². The van der Waals surface area contributed by atoms with Crippen LogP contribution in [0.4, 0.5) is 0 Å². The number of benzene rings is 1. The van der Waals surface area contributed by atoms with Gasteiger partial charge in [0.1, 0.15) is 0 Å². The van der Waals surface area contributed by atoms with Crippen molar-refractivity contribution in [2.45, 2.75) is 66.2 Å². The Labute approximate surface area is 102 Å². The predicted octanol–water partition coefficient (Wildman–Crippen LogP) is 5.74. The van der Waals surface area contributed by atoms with Gasteiger partial charge in [-0.1, -0.05) is 59.4 Å². The molecule has 0 saturated heterocycles. The molecule has 2 unspecified atom stereocenters. The third kappa shape index (κ3) is 2.48. The van der Waals surface area contributed by atoms with Gasteiger partial charge in [-0.3, -0.25) is 0 Å². The van der Waals surface area contributed by atoms with Crippen molar-refractivity contribution in [3.8, 4) is 0 Å². The molecule has 0 amide bonds. The van der Waals surface area contributed by atoms with Gasteiger partial charge in [0.05, 0.1) is 0 Å². The third-order valence-corrected chi connectivity index (χ3v) is 3.55. The number of rotatable bonds is 0. The third-order valence-electron chi connectivity index (χ3n) is 3.55. The SMILES string of the molecule is C.C.CC.c1ccc2c(c1)C1CCCC2C1. The van der Waals surface area contributed by atoms with E-state index >= 15 is 0 Å². The van der Waals surface area contributed by atoms with Gasteiger partial charge in [0.15, 0.2) is 0 Å². The molecule has 0 spiro atoms. The second-order valence-electron chi connectivity index (χ2n) is 4.19. The van der Waals surface area contributed by atoms with Crippen molar-refractivity contribution >= 4 is 0 Å². The summed E-state index contributed by atoms with van der Waals surface area (Å²) in [5.74, 6) is 1.83. The molecule has 0 aliphatic heterocycles. The van der Waals surface area contributed by atoms with E-state index in [1.54, 1.807) is 11.1 Å². The van der Waals surface area contributed by atoms with Gasteiger partial charge >= 0.3 is 0 Å². The van der Waals surface area contributed by atoms with Crippen LogP contribution < -0.4 is 0 Å². The topological polar surface area (TPSA) is 0 Å². The highest BCUT2D eigenvalue weighted by Crippen LogP contribution is 2.49. The Bertz CT molecular complexity index is 272. The summed E-state index contributed by atoms with van der Waals surface area (Å²) >= 11 is 0. The van der Waals surface area contributed by atoms with Crippen LogP contribution >= 0.6 is 0 Å². The fourth-order valence-corrected chi connectivity index (χ4v) is 3.01. The standard InChI is InChI=1S/C12H14.C2H6.2CH4/c1-2-7-12-10-5-3-4-9(8-10)11(12)6-1;1-2;;/h1-2,6-7,9-10H,3-5,8H2;1-2H3;2*1H4. The molecule has 0 heteroatoms. The summed E-state index contributed by atoms with van der Waals surface area (Å²) in [7, 11) is 0. The van der Waals surface area contributed by atoms with Gasteiger partial charge in [-0.05, 0) is 42.2 Å². The summed E-state index contributed by atoms with van der Waals surface area (Å²) in [6, 6.07) is 9.07. The highest BCUT2D eigenvalue weighted by Gasteiger charge is 2.33. The Morgan fingerprint density at radius 3 is 1.75 bits per heavy atom. The molecule has 1 aromatic rings. The van der Waals surface area contributed by atoms with Crippen molar-refractivity contribution in [2.75, 3.05) is 0 Å². The zero-order valence-electron chi connectivity index (χ0n) is 9.29. The fourth-order valence-electron chi connectivity index (χ4n) is 3.01. The molecule has 2 bridgehead atoms. The number of hydrogen-bond acceptors (Lipinski definition) is 0. The average molecular weight is 220 g/mol. The van der Waals surface area contributed by atoms with Crippen LogP contribution in [0.3, 0.4) is 0 Å². The fraction of sp³-hybridized carbons (Fsp3) is 0.625. The smallest absolute Gasteiger partial charge is 0.0153 e. The van der Waals surface area contributed by atoms with Crippen molar-refractivity contribution < 1.29 is 0 Å². The molecule has 1 aromatic carbocycles. The predicted molar refractivity (Wildman–Crippen MR) is 75.2 cm³/mol. The zero-order valence-corrected chi connectivity index (χ0v) is 9.29. The van der Waals surface area contributed by atoms with E-state index in [0.717, 1.165) is 11.8 Å². The van der Waals surface area contributed by atoms with Gasteiger partial charge in [-0.25, -0.2) is 0 Å². The Morgan fingerprint density at radius 2 is 1.31 bits per heavy atom. The van der Waals surface area contributed by atoms with E-state index in [9.17, 15) is 0 Å². The Morgan fingerprint density at radius 1 is 0.875 bits per heavy atom. The number of hydrogen-bond donors (Lipinski definition) is 0. The normalized spacial score (nSPS) is 24.1. The molecular formula is C16H28. The first-order valence-corrected chi connectivity index (χ1v) is 6.04. The zero-order chi connectivity index (χ0) is 9.97. The molecule has 3 rings (SSSR count). The molecule has 0 heterocycles. The number of fused-ring (bicyclic) bond motifs is 5. The van der Waals surface area contributed by atoms with Crippen molar-refractivity contribution in [1.29, 1.82) is 0 Å². The molecule has 0 radical (unpaired) electrons. The van der Waals surface area contributed by atoms with Gasteiger partial charge in [0, 0.05) is 0 Å². The van der Waals surface area contributed by atoms with E-state index in [1.165, 1.54) is 25.7 Å². The second-order valence-corrected chi connectivity index (χ2v) is 4.19. The lowest BCUT2D eigenvalue weighted by atomic mass is 9.87. The van der Waals surface area contributed by atoms with E-state index in [-0.39, 0.29) is 14.9 Å². The van der Waals surface area contributed by atoms with Gasteiger partial charge in [-0.2, -0.15) is 0 Å². The van der Waals surface area contributed by atoms with Crippen LogP contribution in [0.1, 0.15) is 77.3 Å². The lowest BCUT2D eigenvalue weighted by Gasteiger charge is -2.18. The van der Waals surface area contributed by atoms with E-state index in [4.69, 9.17) is 0 Å². The summed E-state index contributed by atoms with van der Waals surface area (Å²) in [6.07, 6.45) is 5.77. The van der Waals surface area contributed by atoms with Gasteiger partial charge < -0.3 is 0 Å². The molecule has 2 aliphatic rings. The van der Waals surface area contributed by atoms with Crippen LogP contribution in [-0.2, 0) is 0 Å². The van der Waals surface area contributed by atoms with Crippen molar-refractivity contribution in [3.05, 3.63) is 35.4 Å². The van der Waals surface area contributed by atoms with Gasteiger partial charge in [-0.15, -0.1) is 0 Å². The van der Waals surface area contributed by atoms with Crippen LogP contribution in [0.2, 0.25) is 0 Å². The largest absolute Gasteiger partial charge is 0.0776 e. The molecule has 1 fully saturated rings. The lowest BCUT2D eigenvalue weighted by Crippen LogP contribution is -2.01. The minimum atomic E-state index is 0. The first kappa shape index (κ1) is 15.2. The van der Waals surface area contributed by atoms with Crippen LogP contribution in [0, 0.1) is 0 Å². The quantitative estimate of drug-likeness (QED) is 0.523. The Hall–Kier alpha value is -0.780. The summed E-state index contributed by atoms with van der Waals surface area (Å²) < 4.78 is 0. The van der Waals surface area contributed by atoms with E-state index < -0.39 is 0 Å². The Kier molecular flexibility index (Phi) is 6.40. The van der Waals surface area contributed by atoms with E-state index in [2.05, 4.69) is 24.3 Å². The molecule has 1 saturated carbocycles. The van der Waals surface area contributed by atoms with Crippen molar-refractivity contribution in [3.63, 3.8) is 0 Å². The maximum absolute atomic E-state index is 2.34. The molecule has 2 aliphatic carbocycles. The summed E-state index contributed by atoms with van der Waals surface area (Å²) in [6.45, 7) is 4.00. The average Bonchev–Trinajstić information content (AvgIpc) is 2.55. The lowest BCUT2D eigenvalue weighted by molar-refractivity contribution is 0.435. The Balaban J connectivity index is 0.000000536. The van der Waals surface area contributed by atoms with E-state index in [0.29, 0.717) is 0 Å². The minimum absolute atomic E-state index is 0. The first-order chi connectivity index (χ1) is 6.95. The molecule has 0 nitrogen and oxygen atoms in total. The monoisotopic (exact) mass is 220 g/mol. The summed E-state index contributed by atoms with van der Waals surface area (Å²) in [4.78, 5) is 0. The molecule has 16 heavy (non-hydrogen) atoms. The summed E-state index contributed by atoms with van der Waals surface area (Å²) in [5.41, 5.74) is 3.33. The molecule has 0 aromatic heterocycles. The molecule has 92 valence electrons. The molecule has 2 atom stereocenters. The van der Waals surface area contributed by atoms with E-state index in [1.807, 2.05) is 13.8 Å². The summed E-state index contributed by atoms with van der Waals surface area (Å²) in [5, 5.41) is 0. The maximum atomic E-state index is 2.34. The molecular weight excluding hydrogens is 192 g/mol. The van der Waals surface area contributed by atoms with Crippen LogP contribution in [0.15, 0.2) is 24.3 Å². The maximum Gasteiger partial charge on any atom is -0.0153 e. The van der Waals surface area contributed by atoms with Gasteiger partial charge in [0.25, 0.3) is 0 Å². The molecule has 0 N–H and O–H groups in total. The van der Waals surface area contributed by atoms with Crippen LogP contribution in [0.5, 0.6) is 0 Å². The second kappa shape index (κ2) is 6.73. The van der Waals surface area contributed by atoms with Crippen molar-refractivity contribution in [2.24, 2.45) is 0 Å².